The molecule has 0 unspecified atom stereocenters. The summed E-state index contributed by atoms with van der Waals surface area (Å²) in [6, 6.07) is 33.4. The predicted molar refractivity (Wildman–Crippen MR) is 198 cm³/mol. The van der Waals surface area contributed by atoms with Crippen LogP contribution in [-0.2, 0) is 32.1 Å². The van der Waals surface area contributed by atoms with E-state index in [-0.39, 0.29) is 31.1 Å². The van der Waals surface area contributed by atoms with Crippen LogP contribution in [0.2, 0.25) is 0 Å². The maximum absolute atomic E-state index is 6.08. The van der Waals surface area contributed by atoms with E-state index in [4.69, 9.17) is 9.40 Å². The molecule has 251 valence electrons. The Labute approximate surface area is 302 Å². The molecule has 0 fully saturated rings. The van der Waals surface area contributed by atoms with Gasteiger partial charge in [0, 0.05) is 37.4 Å². The number of para-hydroxylation sites is 1. The molecule has 0 N–H and O–H groups in total. The van der Waals surface area contributed by atoms with Gasteiger partial charge in [-0.25, -0.2) is 4.98 Å². The van der Waals surface area contributed by atoms with Gasteiger partial charge >= 0.3 is 0 Å². The zero-order chi connectivity index (χ0) is 33.8. The Morgan fingerprint density at radius 2 is 1.71 bits per heavy atom. The van der Waals surface area contributed by atoms with Crippen molar-refractivity contribution in [3.63, 3.8) is 0 Å². The van der Waals surface area contributed by atoms with Crippen molar-refractivity contribution >= 4 is 39.2 Å². The number of fused-ring (bicyclic) bond motifs is 3. The van der Waals surface area contributed by atoms with E-state index in [1.165, 1.54) is 22.2 Å². The Bertz CT molecular complexity index is 2320. The summed E-state index contributed by atoms with van der Waals surface area (Å²) in [7, 11) is 0. The molecule has 5 heterocycles. The van der Waals surface area contributed by atoms with Crippen molar-refractivity contribution in [1.29, 1.82) is 0 Å². The van der Waals surface area contributed by atoms with Crippen LogP contribution in [0.5, 0.6) is 0 Å². The molecule has 0 amide bonds. The molecule has 0 saturated heterocycles. The first kappa shape index (κ1) is 34.5. The molecule has 1 aliphatic rings. The van der Waals surface area contributed by atoms with Crippen molar-refractivity contribution < 1.29 is 24.5 Å². The van der Waals surface area contributed by atoms with Gasteiger partial charge in [0.1, 0.15) is 0 Å². The van der Waals surface area contributed by atoms with E-state index in [9.17, 15) is 0 Å². The average Bonchev–Trinajstić information content (AvgIpc) is 3.62. The molecule has 3 aromatic carbocycles. The van der Waals surface area contributed by atoms with Crippen molar-refractivity contribution in [2.24, 2.45) is 11.3 Å². The SMILES string of the molecule is CC(C)C1=Cc2cccc3nc(-c4[c-]cccc4)n(c23)C1(C)C.Cc1ccc2c(n1)oc1c(-c3cc(CC(C)(C)C)ccn3)[c-]ccc12.[Ir]. The van der Waals surface area contributed by atoms with Crippen LogP contribution in [0.3, 0.4) is 0 Å². The number of imidazole rings is 1. The Hall–Kier alpha value is -4.38. The third-order valence-electron chi connectivity index (χ3n) is 9.11. The second-order valence-electron chi connectivity index (χ2n) is 14.9. The number of allylic oxidation sites excluding steroid dienone is 1. The van der Waals surface area contributed by atoms with Crippen molar-refractivity contribution in [3.8, 4) is 22.6 Å². The number of nitrogens with zero attached hydrogens (tertiary/aromatic N) is 4. The number of hydrogen-bond donors (Lipinski definition) is 0. The minimum absolute atomic E-state index is 0. The van der Waals surface area contributed by atoms with Gasteiger partial charge in [0.25, 0.3) is 0 Å². The molecule has 5 nitrogen and oxygen atoms in total. The van der Waals surface area contributed by atoms with Gasteiger partial charge in [-0.15, -0.1) is 54.1 Å². The van der Waals surface area contributed by atoms with Gasteiger partial charge in [-0.05, 0) is 79.6 Å². The molecule has 0 bridgehead atoms. The second-order valence-corrected chi connectivity index (χ2v) is 14.9. The number of rotatable bonds is 4. The number of aromatic nitrogens is 4. The van der Waals surface area contributed by atoms with Gasteiger partial charge in [0.05, 0.1) is 28.0 Å². The monoisotopic (exact) mass is 823 g/mol. The fraction of sp³-hybridized carbons (Fsp3) is 0.279. The fourth-order valence-electron chi connectivity index (χ4n) is 7.11. The van der Waals surface area contributed by atoms with E-state index >= 15 is 0 Å². The minimum Gasteiger partial charge on any atom is -0.486 e. The molecule has 0 spiro atoms. The summed E-state index contributed by atoms with van der Waals surface area (Å²) in [6.07, 6.45) is 5.22. The summed E-state index contributed by atoms with van der Waals surface area (Å²) in [6.45, 7) is 17.8. The van der Waals surface area contributed by atoms with E-state index in [1.807, 2.05) is 49.5 Å². The van der Waals surface area contributed by atoms with Crippen LogP contribution in [0, 0.1) is 30.4 Å². The Morgan fingerprint density at radius 3 is 2.45 bits per heavy atom. The summed E-state index contributed by atoms with van der Waals surface area (Å²) in [5.41, 5.74) is 11.6. The van der Waals surface area contributed by atoms with Crippen molar-refractivity contribution in [2.45, 2.75) is 67.3 Å². The van der Waals surface area contributed by atoms with Gasteiger partial charge in [0.15, 0.2) is 0 Å². The van der Waals surface area contributed by atoms with Gasteiger partial charge in [0.2, 0.25) is 5.71 Å². The Kier molecular flexibility index (Phi) is 9.25. The second kappa shape index (κ2) is 13.2. The molecule has 1 aliphatic heterocycles. The largest absolute Gasteiger partial charge is 0.486 e. The standard InChI is InChI=1S/C22H21N2O.C21H21N2.Ir/c1-14-8-9-17-16-6-5-7-18(20(16)25-21(17)24-14)19-12-15(10-11-23-19)13-22(2,3)4;1-14(2)17-13-16-11-8-12-18-19(16)23(21(17,3)4)20(22-18)15-9-6-5-7-10-15;/h5-6,8-12H,13H2,1-4H3;5-9,11-14H,1-4H3;/q2*-1;. The van der Waals surface area contributed by atoms with Crippen LogP contribution >= 0.6 is 0 Å². The third kappa shape index (κ3) is 6.52. The smallest absolute Gasteiger partial charge is 0.216 e. The van der Waals surface area contributed by atoms with Crippen LogP contribution in [0.25, 0.3) is 61.8 Å². The zero-order valence-corrected chi connectivity index (χ0v) is 31.9. The molecule has 7 aromatic rings. The van der Waals surface area contributed by atoms with Crippen molar-refractivity contribution in [1.82, 2.24) is 19.5 Å². The van der Waals surface area contributed by atoms with E-state index in [0.29, 0.717) is 11.6 Å². The van der Waals surface area contributed by atoms with Crippen LogP contribution in [0.1, 0.15) is 65.3 Å². The quantitative estimate of drug-likeness (QED) is 0.166. The molecule has 1 radical (unpaired) electrons. The van der Waals surface area contributed by atoms with E-state index in [0.717, 1.165) is 56.6 Å². The van der Waals surface area contributed by atoms with Crippen molar-refractivity contribution in [3.05, 3.63) is 120 Å². The third-order valence-corrected chi connectivity index (χ3v) is 9.11. The molecule has 0 saturated carbocycles. The molecule has 4 aromatic heterocycles. The van der Waals surface area contributed by atoms with Gasteiger partial charge in [-0.3, -0.25) is 4.98 Å². The number of benzene rings is 3. The molecule has 0 aliphatic carbocycles. The number of furan rings is 1. The minimum atomic E-state index is -0.101. The maximum atomic E-state index is 6.08. The first-order valence-electron chi connectivity index (χ1n) is 16.8. The molecule has 8 rings (SSSR count). The van der Waals surface area contributed by atoms with Gasteiger partial charge < -0.3 is 14.0 Å². The summed E-state index contributed by atoms with van der Waals surface area (Å²) in [5.74, 6) is 1.49. The number of pyridine rings is 2. The normalized spacial score (nSPS) is 13.7. The van der Waals surface area contributed by atoms with Crippen molar-refractivity contribution in [2.75, 3.05) is 0 Å². The van der Waals surface area contributed by atoms with Crippen LogP contribution in [0.4, 0.5) is 0 Å². The Morgan fingerprint density at radius 1 is 0.898 bits per heavy atom. The summed E-state index contributed by atoms with van der Waals surface area (Å²) in [4.78, 5) is 14.0. The van der Waals surface area contributed by atoms with Gasteiger partial charge in [-0.1, -0.05) is 75.4 Å². The first-order valence-corrected chi connectivity index (χ1v) is 16.8. The summed E-state index contributed by atoms with van der Waals surface area (Å²) in [5, 5.41) is 2.08. The molecule has 6 heteroatoms. The summed E-state index contributed by atoms with van der Waals surface area (Å²) >= 11 is 0. The molecule has 49 heavy (non-hydrogen) atoms. The number of hydrogen-bond acceptors (Lipinski definition) is 4. The topological polar surface area (TPSA) is 56.7 Å². The molecular weight excluding hydrogens is 781 g/mol. The number of aryl methyl sites for hydroxylation is 1. The van der Waals surface area contributed by atoms with Crippen LogP contribution in [0.15, 0.2) is 95.0 Å². The van der Waals surface area contributed by atoms with Gasteiger partial charge in [-0.2, -0.15) is 0 Å². The maximum Gasteiger partial charge on any atom is 0.216 e. The first-order chi connectivity index (χ1) is 22.9. The van der Waals surface area contributed by atoms with E-state index < -0.39 is 0 Å². The predicted octanol–water partition coefficient (Wildman–Crippen LogP) is 11.0. The van der Waals surface area contributed by atoms with E-state index in [1.54, 1.807) is 0 Å². The molecule has 0 atom stereocenters. The van der Waals surface area contributed by atoms with Crippen LogP contribution in [-0.4, -0.2) is 19.5 Å². The van der Waals surface area contributed by atoms with E-state index in [2.05, 4.69) is 124 Å². The zero-order valence-electron chi connectivity index (χ0n) is 29.5. The van der Waals surface area contributed by atoms with Crippen LogP contribution < -0.4 is 0 Å². The average molecular weight is 823 g/mol. The Balaban J connectivity index is 0.000000167. The molecular formula is C43H42IrN4O-2. The summed E-state index contributed by atoms with van der Waals surface area (Å²) < 4.78 is 8.48. The fourth-order valence-corrected chi connectivity index (χ4v) is 7.11.